The van der Waals surface area contributed by atoms with Gasteiger partial charge in [0, 0.05) is 18.8 Å². The summed E-state index contributed by atoms with van der Waals surface area (Å²) in [5.74, 6) is 2.74. The summed E-state index contributed by atoms with van der Waals surface area (Å²) >= 11 is 0. The fraction of sp³-hybridized carbons (Fsp3) is 0.250. The molecule has 0 radical (unpaired) electrons. The fourth-order valence-corrected chi connectivity index (χ4v) is 3.93. The number of hydrogen-bond donors (Lipinski definition) is 1. The third-order valence-corrected chi connectivity index (χ3v) is 5.84. The van der Waals surface area contributed by atoms with Gasteiger partial charge in [-0.25, -0.2) is 4.98 Å². The van der Waals surface area contributed by atoms with Crippen LogP contribution in [0.25, 0.3) is 11.1 Å². The van der Waals surface area contributed by atoms with E-state index in [9.17, 15) is 4.79 Å². The van der Waals surface area contributed by atoms with Gasteiger partial charge in [0.15, 0.2) is 11.5 Å². The van der Waals surface area contributed by atoms with Crippen LogP contribution >= 0.6 is 0 Å². The fourth-order valence-electron chi connectivity index (χ4n) is 3.93. The Labute approximate surface area is 176 Å². The molecule has 1 aliphatic heterocycles. The van der Waals surface area contributed by atoms with Gasteiger partial charge in [-0.3, -0.25) is 4.79 Å². The van der Waals surface area contributed by atoms with E-state index in [1.807, 2.05) is 55.5 Å². The van der Waals surface area contributed by atoms with Crippen molar-refractivity contribution >= 4 is 11.7 Å². The number of hydrogen-bond acceptors (Lipinski definition) is 5. The van der Waals surface area contributed by atoms with Gasteiger partial charge in [0.1, 0.15) is 11.6 Å². The highest BCUT2D eigenvalue weighted by Gasteiger charge is 2.51. The molecule has 6 heteroatoms. The second-order valence-electron chi connectivity index (χ2n) is 7.69. The molecular formula is C24H24N2O4. The quantitative estimate of drug-likeness (QED) is 0.667. The third-order valence-electron chi connectivity index (χ3n) is 5.84. The van der Waals surface area contributed by atoms with Crippen molar-refractivity contribution in [1.82, 2.24) is 4.98 Å². The normalized spacial score (nSPS) is 15.5. The second-order valence-corrected chi connectivity index (χ2v) is 7.69. The van der Waals surface area contributed by atoms with Crippen molar-refractivity contribution in [3.63, 3.8) is 0 Å². The van der Waals surface area contributed by atoms with Gasteiger partial charge in [-0.2, -0.15) is 0 Å². The van der Waals surface area contributed by atoms with Gasteiger partial charge in [0.2, 0.25) is 12.7 Å². The molecule has 1 aliphatic carbocycles. The molecule has 2 heterocycles. The maximum absolute atomic E-state index is 13.2. The summed E-state index contributed by atoms with van der Waals surface area (Å²) in [6.07, 6.45) is 3.37. The molecule has 5 rings (SSSR count). The highest BCUT2D eigenvalue weighted by Crippen LogP contribution is 2.51. The van der Waals surface area contributed by atoms with E-state index in [1.54, 1.807) is 13.3 Å². The van der Waals surface area contributed by atoms with E-state index >= 15 is 0 Å². The maximum atomic E-state index is 13.2. The summed E-state index contributed by atoms with van der Waals surface area (Å²) in [4.78, 5) is 17.7. The number of fused-ring (bicyclic) bond motifs is 1. The number of benzene rings is 2. The molecule has 2 aliphatic rings. The van der Waals surface area contributed by atoms with Crippen molar-refractivity contribution < 1.29 is 20.4 Å². The van der Waals surface area contributed by atoms with Gasteiger partial charge < -0.3 is 19.5 Å². The summed E-state index contributed by atoms with van der Waals surface area (Å²) < 4.78 is 16.3. The summed E-state index contributed by atoms with van der Waals surface area (Å²) in [5.41, 5.74) is 3.23. The van der Waals surface area contributed by atoms with Gasteiger partial charge in [0.05, 0.1) is 12.5 Å². The van der Waals surface area contributed by atoms with Crippen molar-refractivity contribution in [2.45, 2.75) is 25.2 Å². The van der Waals surface area contributed by atoms with E-state index in [4.69, 9.17) is 14.2 Å². The summed E-state index contributed by atoms with van der Waals surface area (Å²) in [5, 5.41) is 3.03. The Morgan fingerprint density at radius 2 is 1.93 bits per heavy atom. The number of carbonyl (C=O) groups excluding carboxylic acids is 1. The Balaban J connectivity index is 0.00000231. The Morgan fingerprint density at radius 1 is 1.13 bits per heavy atom. The molecule has 1 fully saturated rings. The Kier molecular flexibility index (Phi) is 4.35. The lowest BCUT2D eigenvalue weighted by Crippen LogP contribution is -2.28. The van der Waals surface area contributed by atoms with Crippen LogP contribution in [0.15, 0.2) is 54.7 Å². The molecular weight excluding hydrogens is 380 g/mol. The highest BCUT2D eigenvalue weighted by molar-refractivity contribution is 6.01. The van der Waals surface area contributed by atoms with Crippen LogP contribution < -0.4 is 19.5 Å². The first-order chi connectivity index (χ1) is 14.6. The van der Waals surface area contributed by atoms with E-state index < -0.39 is 5.41 Å². The van der Waals surface area contributed by atoms with Crippen LogP contribution in [0.5, 0.6) is 17.2 Å². The largest absolute Gasteiger partial charge is 0.496 e. The van der Waals surface area contributed by atoms with Crippen LogP contribution in [0.3, 0.4) is 0 Å². The highest BCUT2D eigenvalue weighted by atomic mass is 16.7. The number of carbonyl (C=O) groups is 1. The predicted octanol–water partition coefficient (Wildman–Crippen LogP) is 4.71. The maximum Gasteiger partial charge on any atom is 0.236 e. The Bertz CT molecular complexity index is 1140. The molecule has 1 aromatic heterocycles. The molecule has 3 aromatic rings. The van der Waals surface area contributed by atoms with Crippen molar-refractivity contribution in [1.29, 1.82) is 0 Å². The molecule has 154 valence electrons. The lowest BCUT2D eigenvalue weighted by molar-refractivity contribution is -0.118. The second kappa shape index (κ2) is 7.06. The van der Waals surface area contributed by atoms with E-state index in [0.717, 1.165) is 46.6 Å². The summed E-state index contributed by atoms with van der Waals surface area (Å²) in [6, 6.07) is 15.6. The topological polar surface area (TPSA) is 69.7 Å². The van der Waals surface area contributed by atoms with Crippen LogP contribution in [0.2, 0.25) is 0 Å². The van der Waals surface area contributed by atoms with Gasteiger partial charge in [-0.15, -0.1) is 0 Å². The number of para-hydroxylation sites is 1. The third kappa shape index (κ3) is 3.05. The first kappa shape index (κ1) is 18.5. The van der Waals surface area contributed by atoms with Crippen LogP contribution in [0, 0.1) is 6.92 Å². The number of aromatic nitrogens is 1. The zero-order valence-electron chi connectivity index (χ0n) is 16.9. The summed E-state index contributed by atoms with van der Waals surface area (Å²) in [6.45, 7) is 2.17. The number of ether oxygens (including phenoxy) is 3. The van der Waals surface area contributed by atoms with E-state index in [-0.39, 0.29) is 14.1 Å². The Morgan fingerprint density at radius 3 is 2.70 bits per heavy atom. The molecule has 0 unspecified atom stereocenters. The zero-order chi connectivity index (χ0) is 20.7. The molecule has 1 amide bonds. The van der Waals surface area contributed by atoms with E-state index in [0.29, 0.717) is 11.6 Å². The SMILES string of the molecule is COc1ccccc1-c1cnc(NC(=O)C2(c3ccc4c(c3)OCO4)CC2)c(C)c1.[HH]. The first-order valence-electron chi connectivity index (χ1n) is 9.92. The minimum atomic E-state index is -0.531. The van der Waals surface area contributed by atoms with Crippen LogP contribution in [0.1, 0.15) is 25.4 Å². The van der Waals surface area contributed by atoms with Crippen LogP contribution in [0.4, 0.5) is 5.82 Å². The van der Waals surface area contributed by atoms with Crippen LogP contribution in [-0.4, -0.2) is 24.8 Å². The van der Waals surface area contributed by atoms with E-state index in [2.05, 4.69) is 10.3 Å². The average molecular weight is 404 g/mol. The zero-order valence-corrected chi connectivity index (χ0v) is 16.9. The molecule has 0 saturated heterocycles. The lowest BCUT2D eigenvalue weighted by atomic mass is 9.94. The molecule has 1 N–H and O–H groups in total. The lowest BCUT2D eigenvalue weighted by Gasteiger charge is -2.17. The van der Waals surface area contributed by atoms with Crippen molar-refractivity contribution in [2.75, 3.05) is 19.2 Å². The average Bonchev–Trinajstić information content (AvgIpc) is 3.46. The Hall–Kier alpha value is -3.54. The molecule has 0 bridgehead atoms. The van der Waals surface area contributed by atoms with Crippen molar-refractivity contribution in [3.05, 3.63) is 65.9 Å². The monoisotopic (exact) mass is 404 g/mol. The molecule has 2 aromatic carbocycles. The number of nitrogens with zero attached hydrogens (tertiary/aromatic N) is 1. The standard InChI is InChI=1S/C24H22N2O4.H2/c1-15-11-16(18-5-3-4-6-19(18)28-2)13-25-22(15)26-23(27)24(9-10-24)17-7-8-20-21(12-17)30-14-29-20;/h3-8,11-13H,9-10,14H2,1-2H3,(H,25,26,27);1H. The first-order valence-corrected chi connectivity index (χ1v) is 9.92. The summed E-state index contributed by atoms with van der Waals surface area (Å²) in [7, 11) is 1.65. The smallest absolute Gasteiger partial charge is 0.236 e. The van der Waals surface area contributed by atoms with Crippen molar-refractivity contribution in [3.8, 4) is 28.4 Å². The van der Waals surface area contributed by atoms with E-state index in [1.165, 1.54) is 0 Å². The van der Waals surface area contributed by atoms with Gasteiger partial charge in [-0.1, -0.05) is 24.3 Å². The van der Waals surface area contributed by atoms with Crippen molar-refractivity contribution in [2.24, 2.45) is 0 Å². The number of rotatable bonds is 5. The number of methoxy groups -OCH3 is 1. The predicted molar refractivity (Wildman–Crippen MR) is 115 cm³/mol. The van der Waals surface area contributed by atoms with Gasteiger partial charge in [-0.05, 0) is 55.2 Å². The molecule has 0 atom stereocenters. The minimum Gasteiger partial charge on any atom is -0.496 e. The number of anilines is 1. The van der Waals surface area contributed by atoms with Gasteiger partial charge in [0.25, 0.3) is 0 Å². The number of amides is 1. The minimum absolute atomic E-state index is 0. The number of aryl methyl sites for hydroxylation is 1. The molecule has 0 spiro atoms. The molecule has 30 heavy (non-hydrogen) atoms. The molecule has 1 saturated carbocycles. The molecule has 6 nitrogen and oxygen atoms in total. The number of pyridine rings is 1. The number of nitrogens with one attached hydrogen (secondary N) is 1. The van der Waals surface area contributed by atoms with Crippen LogP contribution in [-0.2, 0) is 10.2 Å². The van der Waals surface area contributed by atoms with Gasteiger partial charge >= 0.3 is 0 Å².